The maximum absolute atomic E-state index is 14.1. The summed E-state index contributed by atoms with van der Waals surface area (Å²) in [5.74, 6) is -6.99. The number of ether oxygens (including phenoxy) is 1. The molecule has 1 saturated carbocycles. The van der Waals surface area contributed by atoms with E-state index in [2.05, 4.69) is 0 Å². The second-order valence-electron chi connectivity index (χ2n) is 5.54. The van der Waals surface area contributed by atoms with E-state index in [9.17, 15) is 27.1 Å². The number of hydrogen-bond donors (Lipinski definition) is 1. The molecular formula is C14H13F5O2S. The Bertz CT molecular complexity index is 599. The van der Waals surface area contributed by atoms with Crippen LogP contribution in [0.25, 0.3) is 0 Å². The van der Waals surface area contributed by atoms with Gasteiger partial charge in [0.2, 0.25) is 0 Å². The molecule has 22 heavy (non-hydrogen) atoms. The van der Waals surface area contributed by atoms with Crippen LogP contribution in [0, 0.1) is 0 Å². The van der Waals surface area contributed by atoms with E-state index in [0.29, 0.717) is 4.90 Å². The molecule has 0 aliphatic heterocycles. The fourth-order valence-electron chi connectivity index (χ4n) is 2.81. The van der Waals surface area contributed by atoms with Crippen LogP contribution in [0.3, 0.4) is 0 Å². The van der Waals surface area contributed by atoms with Crippen LogP contribution in [0.5, 0.6) is 5.75 Å². The molecule has 0 aromatic heterocycles. The third-order valence-electron chi connectivity index (χ3n) is 4.00. The summed E-state index contributed by atoms with van der Waals surface area (Å²) in [4.78, 5) is 0.314. The second-order valence-corrected chi connectivity index (χ2v) is 6.39. The highest BCUT2D eigenvalue weighted by atomic mass is 32.2. The van der Waals surface area contributed by atoms with Crippen molar-refractivity contribution in [1.29, 1.82) is 0 Å². The lowest BCUT2D eigenvalue weighted by atomic mass is 9.91. The Morgan fingerprint density at radius 3 is 2.36 bits per heavy atom. The highest BCUT2D eigenvalue weighted by molar-refractivity contribution is 7.98. The van der Waals surface area contributed by atoms with E-state index in [0.717, 1.165) is 11.8 Å². The van der Waals surface area contributed by atoms with E-state index in [-0.39, 0.29) is 11.3 Å². The molecule has 8 heteroatoms. The summed E-state index contributed by atoms with van der Waals surface area (Å²) in [7, 11) is 0. The minimum Gasteiger partial charge on any atom is -0.490 e. The molecule has 3 rings (SSSR count). The molecule has 2 unspecified atom stereocenters. The highest BCUT2D eigenvalue weighted by Crippen LogP contribution is 2.57. The average Bonchev–Trinajstić information content (AvgIpc) is 2.59. The SMILES string of the molecule is CSc1ccc(OC2CC(F)(F)C2)c2c1C(O)C(F)(F)C2F. The Hall–Kier alpha value is -1.02. The average molecular weight is 340 g/mol. The van der Waals surface area contributed by atoms with E-state index in [1.807, 2.05) is 0 Å². The van der Waals surface area contributed by atoms with Crippen LogP contribution < -0.4 is 4.74 Å². The van der Waals surface area contributed by atoms with Crippen molar-refractivity contribution in [2.75, 3.05) is 6.26 Å². The molecule has 2 nitrogen and oxygen atoms in total. The first kappa shape index (κ1) is 15.9. The van der Waals surface area contributed by atoms with Crippen molar-refractivity contribution in [2.24, 2.45) is 0 Å². The molecule has 2 aliphatic rings. The van der Waals surface area contributed by atoms with Gasteiger partial charge in [-0.25, -0.2) is 13.2 Å². The predicted molar refractivity (Wildman–Crippen MR) is 70.6 cm³/mol. The second kappa shape index (κ2) is 4.99. The summed E-state index contributed by atoms with van der Waals surface area (Å²) in [6.45, 7) is 0. The van der Waals surface area contributed by atoms with Crippen molar-refractivity contribution in [2.45, 2.75) is 48.0 Å². The lowest BCUT2D eigenvalue weighted by Crippen LogP contribution is -2.43. The number of benzene rings is 1. The third kappa shape index (κ3) is 2.27. The molecule has 0 heterocycles. The Labute approximate surface area is 127 Å². The van der Waals surface area contributed by atoms with Crippen LogP contribution in [0.2, 0.25) is 0 Å². The summed E-state index contributed by atoms with van der Waals surface area (Å²) in [6.07, 6.45) is -5.27. The first-order valence-corrected chi connectivity index (χ1v) is 7.85. The molecule has 1 N–H and O–H groups in total. The number of rotatable bonds is 3. The lowest BCUT2D eigenvalue weighted by Gasteiger charge is -2.35. The number of aliphatic hydroxyl groups is 1. The minimum atomic E-state index is -3.96. The zero-order valence-corrected chi connectivity index (χ0v) is 12.3. The van der Waals surface area contributed by atoms with Gasteiger partial charge in [0, 0.05) is 28.9 Å². The summed E-state index contributed by atoms with van der Waals surface area (Å²) in [5, 5.41) is 9.73. The monoisotopic (exact) mass is 340 g/mol. The van der Waals surface area contributed by atoms with Crippen molar-refractivity contribution in [3.63, 3.8) is 0 Å². The van der Waals surface area contributed by atoms with Crippen LogP contribution in [0.4, 0.5) is 22.0 Å². The number of halogens is 5. The van der Waals surface area contributed by atoms with Gasteiger partial charge in [0.1, 0.15) is 18.0 Å². The normalized spacial score (nSPS) is 29.0. The maximum Gasteiger partial charge on any atom is 0.312 e. The molecule has 2 aliphatic carbocycles. The molecular weight excluding hydrogens is 327 g/mol. The van der Waals surface area contributed by atoms with Gasteiger partial charge in [-0.3, -0.25) is 0 Å². The van der Waals surface area contributed by atoms with Crippen molar-refractivity contribution < 1.29 is 31.8 Å². The fourth-order valence-corrected chi connectivity index (χ4v) is 3.46. The van der Waals surface area contributed by atoms with Gasteiger partial charge in [-0.05, 0) is 18.4 Å². The minimum absolute atomic E-state index is 0.197. The Kier molecular flexibility index (Phi) is 3.60. The summed E-state index contributed by atoms with van der Waals surface area (Å²) >= 11 is 1.09. The van der Waals surface area contributed by atoms with Gasteiger partial charge >= 0.3 is 5.92 Å². The van der Waals surface area contributed by atoms with Gasteiger partial charge in [-0.15, -0.1) is 11.8 Å². The molecule has 0 amide bonds. The largest absolute Gasteiger partial charge is 0.490 e. The Morgan fingerprint density at radius 2 is 1.82 bits per heavy atom. The third-order valence-corrected chi connectivity index (χ3v) is 4.80. The molecule has 122 valence electrons. The molecule has 2 atom stereocenters. The first-order chi connectivity index (χ1) is 10.2. The number of alkyl halides is 5. The van der Waals surface area contributed by atoms with Gasteiger partial charge < -0.3 is 9.84 Å². The summed E-state index contributed by atoms with van der Waals surface area (Å²) in [6, 6.07) is 2.72. The molecule has 0 spiro atoms. The van der Waals surface area contributed by atoms with Gasteiger partial charge in [0.15, 0.2) is 6.17 Å². The van der Waals surface area contributed by atoms with E-state index in [1.165, 1.54) is 12.1 Å². The van der Waals surface area contributed by atoms with Crippen LogP contribution in [-0.2, 0) is 0 Å². The van der Waals surface area contributed by atoms with Crippen LogP contribution >= 0.6 is 11.8 Å². The number of thioether (sulfide) groups is 1. The van der Waals surface area contributed by atoms with Gasteiger partial charge in [-0.2, -0.15) is 8.78 Å². The van der Waals surface area contributed by atoms with Crippen molar-refractivity contribution in [3.8, 4) is 5.75 Å². The van der Waals surface area contributed by atoms with Crippen LogP contribution in [0.1, 0.15) is 36.2 Å². The number of fused-ring (bicyclic) bond motifs is 1. The standard InChI is InChI=1S/C14H13F5O2S/c1-22-8-3-2-7(21-6-4-13(16,17)5-6)9-10(8)12(20)14(18,19)11(9)15/h2-3,6,11-12,20H,4-5H2,1H3. The maximum atomic E-state index is 14.1. The van der Waals surface area contributed by atoms with Crippen molar-refractivity contribution >= 4 is 11.8 Å². The first-order valence-electron chi connectivity index (χ1n) is 6.62. The zero-order chi connectivity index (χ0) is 16.3. The fraction of sp³-hybridized carbons (Fsp3) is 0.571. The molecule has 0 radical (unpaired) electrons. The molecule has 0 saturated heterocycles. The topological polar surface area (TPSA) is 29.5 Å². The molecule has 1 fully saturated rings. The quantitative estimate of drug-likeness (QED) is 0.658. The summed E-state index contributed by atoms with van der Waals surface area (Å²) < 4.78 is 72.6. The number of aliphatic hydroxyl groups excluding tert-OH is 1. The van der Waals surface area contributed by atoms with E-state index < -0.39 is 48.6 Å². The van der Waals surface area contributed by atoms with Crippen molar-refractivity contribution in [1.82, 2.24) is 0 Å². The van der Waals surface area contributed by atoms with Crippen molar-refractivity contribution in [3.05, 3.63) is 23.3 Å². The van der Waals surface area contributed by atoms with E-state index >= 15 is 0 Å². The Morgan fingerprint density at radius 1 is 1.18 bits per heavy atom. The predicted octanol–water partition coefficient (Wildman–Crippen LogP) is 4.28. The van der Waals surface area contributed by atoms with E-state index in [1.54, 1.807) is 6.26 Å². The molecule has 1 aromatic carbocycles. The van der Waals surface area contributed by atoms with Gasteiger partial charge in [0.05, 0.1) is 0 Å². The van der Waals surface area contributed by atoms with Crippen LogP contribution in [0.15, 0.2) is 17.0 Å². The molecule has 1 aromatic rings. The lowest BCUT2D eigenvalue weighted by molar-refractivity contribution is -0.145. The van der Waals surface area contributed by atoms with E-state index in [4.69, 9.17) is 4.74 Å². The smallest absolute Gasteiger partial charge is 0.312 e. The zero-order valence-electron chi connectivity index (χ0n) is 11.5. The van der Waals surface area contributed by atoms with Gasteiger partial charge in [-0.1, -0.05) is 0 Å². The van der Waals surface area contributed by atoms with Crippen LogP contribution in [-0.4, -0.2) is 29.3 Å². The summed E-state index contributed by atoms with van der Waals surface area (Å²) in [5.41, 5.74) is -0.645. The number of hydrogen-bond acceptors (Lipinski definition) is 3. The highest BCUT2D eigenvalue weighted by Gasteiger charge is 2.58. The Balaban J connectivity index is 1.98. The van der Waals surface area contributed by atoms with Gasteiger partial charge in [0.25, 0.3) is 5.92 Å². The molecule has 0 bridgehead atoms.